The van der Waals surface area contributed by atoms with Gasteiger partial charge in [-0.15, -0.1) is 0 Å². The molecule has 0 N–H and O–H groups in total. The van der Waals surface area contributed by atoms with E-state index in [2.05, 4.69) is 237 Å². The number of aromatic nitrogens is 6. The summed E-state index contributed by atoms with van der Waals surface area (Å²) in [5.74, 6) is 3.60. The molecule has 0 aliphatic heterocycles. The lowest BCUT2D eigenvalue weighted by atomic mass is 9.94. The van der Waals surface area contributed by atoms with Crippen LogP contribution in [0.15, 0.2) is 312 Å². The molecule has 0 radical (unpaired) electrons. The lowest BCUT2D eigenvalue weighted by Crippen LogP contribution is -2.01. The fourth-order valence-electron chi connectivity index (χ4n) is 13.1. The highest BCUT2D eigenvalue weighted by atomic mass is 16.3. The highest BCUT2D eigenvalue weighted by molar-refractivity contribution is 6.13. The predicted octanol–water partition coefficient (Wildman–Crippen LogP) is 22.0. The van der Waals surface area contributed by atoms with Gasteiger partial charge < -0.3 is 8.83 Å². The topological polar surface area (TPSA) is 104 Å². The summed E-state index contributed by atoms with van der Waals surface area (Å²) < 4.78 is 12.4. The molecule has 428 valence electrons. The molecule has 0 saturated heterocycles. The molecule has 4 aromatic heterocycles. The summed E-state index contributed by atoms with van der Waals surface area (Å²) in [6, 6.07) is 106. The first-order chi connectivity index (χ1) is 45.5. The molecule has 0 fully saturated rings. The van der Waals surface area contributed by atoms with Gasteiger partial charge in [-0.3, -0.25) is 0 Å². The zero-order valence-electron chi connectivity index (χ0n) is 49.4. The van der Waals surface area contributed by atoms with E-state index in [9.17, 15) is 0 Å². The highest BCUT2D eigenvalue weighted by Gasteiger charge is 2.20. The van der Waals surface area contributed by atoms with Crippen LogP contribution in [0.25, 0.3) is 189 Å². The third-order valence-electron chi connectivity index (χ3n) is 17.8. The Morgan fingerprint density at radius 2 is 0.587 bits per heavy atom. The van der Waals surface area contributed by atoms with E-state index in [4.69, 9.17) is 38.7 Å². The van der Waals surface area contributed by atoms with Crippen molar-refractivity contribution in [3.63, 3.8) is 0 Å². The van der Waals surface area contributed by atoms with Crippen molar-refractivity contribution in [2.75, 3.05) is 0 Å². The van der Waals surface area contributed by atoms with Gasteiger partial charge in [-0.2, -0.15) is 0 Å². The van der Waals surface area contributed by atoms with Crippen LogP contribution in [0.2, 0.25) is 0 Å². The molecule has 0 atom stereocenters. The minimum Gasteiger partial charge on any atom is -0.456 e. The Kier molecular flexibility index (Phi) is 12.4. The second kappa shape index (κ2) is 21.7. The van der Waals surface area contributed by atoms with Gasteiger partial charge in [0.25, 0.3) is 0 Å². The molecular formula is C84H50N6O2. The van der Waals surface area contributed by atoms with Crippen molar-refractivity contribution in [1.29, 1.82) is 0 Å². The van der Waals surface area contributed by atoms with Gasteiger partial charge in [0.05, 0.1) is 0 Å². The van der Waals surface area contributed by atoms with Crippen molar-refractivity contribution >= 4 is 76.2 Å². The summed E-state index contributed by atoms with van der Waals surface area (Å²) in [7, 11) is 0. The Morgan fingerprint density at radius 3 is 1.29 bits per heavy atom. The van der Waals surface area contributed by atoms with Crippen molar-refractivity contribution in [2.24, 2.45) is 0 Å². The van der Waals surface area contributed by atoms with Crippen LogP contribution in [-0.4, -0.2) is 29.9 Å². The molecular weight excluding hydrogens is 1120 g/mol. The molecule has 0 saturated carbocycles. The standard InChI is InChI=1S/C84H50N6O2/c1-2-15-55(16-3-1)79-85-80(87-81(86-79)57-37-33-54(34-38-57)67-24-13-27-77-78(67)72-23-9-11-26-75(72)92-77)56-35-28-52(29-36-56)59-18-12-19-60(46-59)61-39-30-53-32-41-64(49-65(53)48-61)83-88-82(63-40-31-51-14-4-5-17-58(51)47-63)89-84(90-83)71-44-43-66(68-20-6-7-21-69(68)71)62-42-45-76-73(50-62)70-22-8-10-25-74(70)91-76/h1-50H. The van der Waals surface area contributed by atoms with Crippen LogP contribution in [0, 0.1) is 0 Å². The lowest BCUT2D eigenvalue weighted by molar-refractivity contribution is 0.668. The van der Waals surface area contributed by atoms with Crippen LogP contribution >= 0.6 is 0 Å². The number of rotatable bonds is 10. The number of furan rings is 2. The molecule has 0 unspecified atom stereocenters. The minimum atomic E-state index is 0.592. The Morgan fingerprint density at radius 1 is 0.174 bits per heavy atom. The molecule has 14 aromatic carbocycles. The quantitative estimate of drug-likeness (QED) is 0.133. The SMILES string of the molecule is c1ccc(-c2nc(-c3ccc(-c4cccc(-c5ccc6ccc(-c7nc(-c8ccc9ccccc9c8)nc(-c8ccc(-c9ccc%10oc%11ccccc%11c%10c9)c9ccccc89)n7)cc6c5)c4)cc3)nc(-c3ccc(-c4cccc5oc6ccccc6c45)cc3)n2)cc1. The van der Waals surface area contributed by atoms with Gasteiger partial charge in [-0.1, -0.05) is 243 Å². The molecule has 92 heavy (non-hydrogen) atoms. The molecule has 0 bridgehead atoms. The molecule has 0 amide bonds. The van der Waals surface area contributed by atoms with Gasteiger partial charge in [-0.05, 0) is 137 Å². The molecule has 18 rings (SSSR count). The lowest BCUT2D eigenvalue weighted by Gasteiger charge is -2.14. The fraction of sp³-hybridized carbons (Fsp3) is 0. The highest BCUT2D eigenvalue weighted by Crippen LogP contribution is 2.41. The number of fused-ring (bicyclic) bond motifs is 9. The van der Waals surface area contributed by atoms with Gasteiger partial charge in [0, 0.05) is 54.9 Å². The first kappa shape index (κ1) is 52.6. The van der Waals surface area contributed by atoms with Crippen molar-refractivity contribution in [2.45, 2.75) is 0 Å². The summed E-state index contributed by atoms with van der Waals surface area (Å²) in [6.45, 7) is 0. The van der Waals surface area contributed by atoms with E-state index in [1.54, 1.807) is 0 Å². The van der Waals surface area contributed by atoms with Crippen LogP contribution in [0.4, 0.5) is 0 Å². The summed E-state index contributed by atoms with van der Waals surface area (Å²) in [4.78, 5) is 31.2. The normalized spacial score (nSPS) is 11.7. The molecule has 8 heteroatoms. The van der Waals surface area contributed by atoms with E-state index >= 15 is 0 Å². The largest absolute Gasteiger partial charge is 0.456 e. The van der Waals surface area contributed by atoms with Crippen LogP contribution in [0.5, 0.6) is 0 Å². The van der Waals surface area contributed by atoms with Gasteiger partial charge in [0.2, 0.25) is 0 Å². The van der Waals surface area contributed by atoms with Crippen molar-refractivity contribution in [3.8, 4) is 113 Å². The third-order valence-corrected chi connectivity index (χ3v) is 17.8. The van der Waals surface area contributed by atoms with E-state index in [1.807, 2.05) is 66.7 Å². The first-order valence-electron chi connectivity index (χ1n) is 30.8. The monoisotopic (exact) mass is 1170 g/mol. The molecule has 0 aliphatic carbocycles. The zero-order chi connectivity index (χ0) is 60.6. The molecule has 0 aliphatic rings. The van der Waals surface area contributed by atoms with E-state index in [0.29, 0.717) is 34.9 Å². The minimum absolute atomic E-state index is 0.592. The molecule has 8 nitrogen and oxygen atoms in total. The van der Waals surface area contributed by atoms with Crippen LogP contribution in [0.3, 0.4) is 0 Å². The van der Waals surface area contributed by atoms with Crippen molar-refractivity contribution in [1.82, 2.24) is 29.9 Å². The average Bonchev–Trinajstić information content (AvgIpc) is 1.33. The number of hydrogen-bond acceptors (Lipinski definition) is 8. The molecule has 4 heterocycles. The summed E-state index contributed by atoms with van der Waals surface area (Å²) in [5, 5.41) is 11.0. The second-order valence-electron chi connectivity index (χ2n) is 23.3. The van der Waals surface area contributed by atoms with E-state index < -0.39 is 0 Å². The number of hydrogen-bond donors (Lipinski definition) is 0. The van der Waals surface area contributed by atoms with Crippen LogP contribution in [-0.2, 0) is 0 Å². The Labute approximate surface area is 528 Å². The maximum atomic E-state index is 6.23. The number of para-hydroxylation sites is 2. The summed E-state index contributed by atoms with van der Waals surface area (Å²) >= 11 is 0. The van der Waals surface area contributed by atoms with E-state index in [0.717, 1.165) is 154 Å². The predicted molar refractivity (Wildman–Crippen MR) is 375 cm³/mol. The maximum Gasteiger partial charge on any atom is 0.164 e. The Bertz CT molecular complexity index is 5950. The second-order valence-corrected chi connectivity index (χ2v) is 23.3. The van der Waals surface area contributed by atoms with Gasteiger partial charge in [0.15, 0.2) is 34.9 Å². The average molecular weight is 1180 g/mol. The molecule has 0 spiro atoms. The fourth-order valence-corrected chi connectivity index (χ4v) is 13.1. The van der Waals surface area contributed by atoms with Gasteiger partial charge in [0.1, 0.15) is 22.3 Å². The summed E-state index contributed by atoms with van der Waals surface area (Å²) in [5.41, 5.74) is 17.7. The summed E-state index contributed by atoms with van der Waals surface area (Å²) in [6.07, 6.45) is 0. The van der Waals surface area contributed by atoms with Crippen LogP contribution < -0.4 is 0 Å². The zero-order valence-corrected chi connectivity index (χ0v) is 49.4. The number of nitrogens with zero attached hydrogens (tertiary/aromatic N) is 6. The van der Waals surface area contributed by atoms with Crippen LogP contribution in [0.1, 0.15) is 0 Å². The number of benzene rings is 14. The smallest absolute Gasteiger partial charge is 0.164 e. The first-order valence-corrected chi connectivity index (χ1v) is 30.8. The van der Waals surface area contributed by atoms with Gasteiger partial charge in [-0.25, -0.2) is 29.9 Å². The van der Waals surface area contributed by atoms with Crippen molar-refractivity contribution < 1.29 is 8.83 Å². The van der Waals surface area contributed by atoms with E-state index in [-0.39, 0.29) is 0 Å². The Balaban J connectivity index is 0.671. The van der Waals surface area contributed by atoms with E-state index in [1.165, 1.54) is 0 Å². The molecule has 18 aromatic rings. The maximum absolute atomic E-state index is 6.23. The van der Waals surface area contributed by atoms with Crippen molar-refractivity contribution in [3.05, 3.63) is 303 Å². The Hall–Kier alpha value is -12.5. The third kappa shape index (κ3) is 9.32. The van der Waals surface area contributed by atoms with Gasteiger partial charge >= 0.3 is 0 Å².